The van der Waals surface area contributed by atoms with Gasteiger partial charge in [0.15, 0.2) is 0 Å². The van der Waals surface area contributed by atoms with E-state index in [1.807, 2.05) is 49.4 Å². The summed E-state index contributed by atoms with van der Waals surface area (Å²) in [5.41, 5.74) is -1.09. The average Bonchev–Trinajstić information content (AvgIpc) is 2.50. The predicted molar refractivity (Wildman–Crippen MR) is 83.8 cm³/mol. The molecule has 2 rings (SSSR count). The molecular formula is C17H21NO3. The van der Waals surface area contributed by atoms with Crippen molar-refractivity contribution in [3.05, 3.63) is 42.5 Å². The summed E-state index contributed by atoms with van der Waals surface area (Å²) in [5, 5.41) is 14.5. The van der Waals surface area contributed by atoms with Crippen molar-refractivity contribution >= 4 is 16.7 Å². The number of carboxylic acid groups (broad SMARTS) is 1. The van der Waals surface area contributed by atoms with Crippen LogP contribution in [0.25, 0.3) is 10.8 Å². The van der Waals surface area contributed by atoms with Gasteiger partial charge in [-0.05, 0) is 31.3 Å². The van der Waals surface area contributed by atoms with Crippen molar-refractivity contribution in [3.8, 4) is 5.75 Å². The Bertz CT molecular complexity index is 621. The maximum absolute atomic E-state index is 11.5. The number of carboxylic acids is 1. The topological polar surface area (TPSA) is 58.6 Å². The highest BCUT2D eigenvalue weighted by atomic mass is 16.5. The molecule has 21 heavy (non-hydrogen) atoms. The minimum Gasteiger partial charge on any atom is -0.490 e. The third kappa shape index (κ3) is 3.52. The van der Waals surface area contributed by atoms with Gasteiger partial charge in [0.25, 0.3) is 0 Å². The minimum absolute atomic E-state index is 0.0797. The first kappa shape index (κ1) is 15.3. The van der Waals surface area contributed by atoms with Crippen molar-refractivity contribution in [1.82, 2.24) is 5.32 Å². The van der Waals surface area contributed by atoms with Gasteiger partial charge < -0.3 is 9.84 Å². The molecule has 0 fully saturated rings. The van der Waals surface area contributed by atoms with Crippen LogP contribution in [0.5, 0.6) is 5.75 Å². The van der Waals surface area contributed by atoms with Crippen LogP contribution in [0.2, 0.25) is 0 Å². The molecule has 4 heteroatoms. The molecular weight excluding hydrogens is 266 g/mol. The Morgan fingerprint density at radius 3 is 2.67 bits per heavy atom. The summed E-state index contributed by atoms with van der Waals surface area (Å²) < 4.78 is 5.80. The quantitative estimate of drug-likeness (QED) is 0.821. The van der Waals surface area contributed by atoms with Crippen LogP contribution in [-0.2, 0) is 4.79 Å². The summed E-state index contributed by atoms with van der Waals surface area (Å²) in [6.45, 7) is 4.37. The molecule has 2 aromatic rings. The van der Waals surface area contributed by atoms with Gasteiger partial charge in [-0.15, -0.1) is 0 Å². The van der Waals surface area contributed by atoms with E-state index in [0.717, 1.165) is 17.2 Å². The molecule has 4 nitrogen and oxygen atoms in total. The van der Waals surface area contributed by atoms with Gasteiger partial charge in [-0.3, -0.25) is 10.1 Å². The molecule has 2 N–H and O–H groups in total. The van der Waals surface area contributed by atoms with Crippen LogP contribution in [0.4, 0.5) is 0 Å². The number of hydrogen-bond donors (Lipinski definition) is 2. The summed E-state index contributed by atoms with van der Waals surface area (Å²) in [6, 6.07) is 13.7. The van der Waals surface area contributed by atoms with Crippen molar-refractivity contribution in [3.63, 3.8) is 0 Å². The largest absolute Gasteiger partial charge is 0.490 e. The monoisotopic (exact) mass is 287 g/mol. The molecule has 1 unspecified atom stereocenters. The molecule has 0 spiro atoms. The zero-order chi connectivity index (χ0) is 15.3. The van der Waals surface area contributed by atoms with Gasteiger partial charge in [0.1, 0.15) is 17.9 Å². The van der Waals surface area contributed by atoms with E-state index in [1.54, 1.807) is 6.92 Å². The Morgan fingerprint density at radius 2 is 1.95 bits per heavy atom. The molecule has 112 valence electrons. The zero-order valence-corrected chi connectivity index (χ0v) is 12.4. The number of carbonyl (C=O) groups is 1. The maximum Gasteiger partial charge on any atom is 0.327 e. The maximum atomic E-state index is 11.5. The second-order valence-electron chi connectivity index (χ2n) is 5.33. The zero-order valence-electron chi connectivity index (χ0n) is 12.4. The van der Waals surface area contributed by atoms with Gasteiger partial charge in [-0.2, -0.15) is 0 Å². The normalized spacial score (nSPS) is 13.8. The molecule has 2 aromatic carbocycles. The molecule has 0 radical (unpaired) electrons. The first-order chi connectivity index (χ1) is 10.1. The Morgan fingerprint density at radius 1 is 1.24 bits per heavy atom. The van der Waals surface area contributed by atoms with Crippen molar-refractivity contribution in [2.24, 2.45) is 0 Å². The summed E-state index contributed by atoms with van der Waals surface area (Å²) >= 11 is 0. The lowest BCUT2D eigenvalue weighted by atomic mass is 10.0. The molecule has 0 aliphatic rings. The highest BCUT2D eigenvalue weighted by molar-refractivity contribution is 5.88. The first-order valence-electron chi connectivity index (χ1n) is 7.16. The lowest BCUT2D eigenvalue weighted by Crippen LogP contribution is -2.54. The van der Waals surface area contributed by atoms with Crippen LogP contribution < -0.4 is 10.1 Å². The van der Waals surface area contributed by atoms with E-state index in [2.05, 4.69) is 5.32 Å². The smallest absolute Gasteiger partial charge is 0.327 e. The van der Waals surface area contributed by atoms with Crippen LogP contribution in [0.15, 0.2) is 42.5 Å². The minimum atomic E-state index is -1.09. The van der Waals surface area contributed by atoms with E-state index in [1.165, 1.54) is 0 Å². The van der Waals surface area contributed by atoms with E-state index in [0.29, 0.717) is 12.3 Å². The van der Waals surface area contributed by atoms with Gasteiger partial charge >= 0.3 is 5.97 Å². The van der Waals surface area contributed by atoms with Crippen molar-refractivity contribution < 1.29 is 14.6 Å². The Balaban J connectivity index is 2.18. The molecule has 0 saturated heterocycles. The predicted octanol–water partition coefficient (Wildman–Crippen LogP) is 3.06. The highest BCUT2D eigenvalue weighted by Crippen LogP contribution is 2.25. The van der Waals surface area contributed by atoms with Crippen molar-refractivity contribution in [2.45, 2.75) is 25.8 Å². The Labute approximate surface area is 124 Å². The second kappa shape index (κ2) is 6.59. The Hall–Kier alpha value is -2.07. The second-order valence-corrected chi connectivity index (χ2v) is 5.33. The molecule has 0 bridgehead atoms. The fourth-order valence-electron chi connectivity index (χ4n) is 2.13. The molecule has 1 atom stereocenters. The average molecular weight is 287 g/mol. The number of nitrogens with one attached hydrogen (secondary N) is 1. The van der Waals surface area contributed by atoms with Crippen LogP contribution in [0.1, 0.15) is 20.3 Å². The number of ether oxygens (including phenoxy) is 1. The number of rotatable bonds is 7. The van der Waals surface area contributed by atoms with Crippen LogP contribution in [0.3, 0.4) is 0 Å². The number of fused-ring (bicyclic) bond motifs is 1. The Kier molecular flexibility index (Phi) is 4.81. The van der Waals surface area contributed by atoms with Crippen LogP contribution in [-0.4, -0.2) is 29.8 Å². The molecule has 0 aliphatic heterocycles. The lowest BCUT2D eigenvalue weighted by molar-refractivity contribution is -0.145. The molecule has 0 saturated carbocycles. The first-order valence-corrected chi connectivity index (χ1v) is 7.16. The third-order valence-electron chi connectivity index (χ3n) is 3.50. The fourth-order valence-corrected chi connectivity index (χ4v) is 2.13. The van der Waals surface area contributed by atoms with Gasteiger partial charge in [-0.25, -0.2) is 0 Å². The lowest BCUT2D eigenvalue weighted by Gasteiger charge is -2.26. The fraction of sp³-hybridized carbons (Fsp3) is 0.353. The van der Waals surface area contributed by atoms with E-state index < -0.39 is 11.5 Å². The summed E-state index contributed by atoms with van der Waals surface area (Å²) in [5.74, 6) is -0.199. The van der Waals surface area contributed by atoms with Gasteiger partial charge in [0.05, 0.1) is 0 Å². The standard InChI is InChI=1S/C17H21NO3/c1-3-11-18-17(2,16(19)20)12-21-15-10-6-8-13-7-4-5-9-14(13)15/h4-10,18H,3,11-12H2,1-2H3,(H,19,20). The molecule has 0 aliphatic carbocycles. The van der Waals surface area contributed by atoms with E-state index >= 15 is 0 Å². The third-order valence-corrected chi connectivity index (χ3v) is 3.50. The van der Waals surface area contributed by atoms with Crippen LogP contribution >= 0.6 is 0 Å². The van der Waals surface area contributed by atoms with E-state index in [4.69, 9.17) is 4.74 Å². The van der Waals surface area contributed by atoms with Crippen molar-refractivity contribution in [1.29, 1.82) is 0 Å². The summed E-state index contributed by atoms with van der Waals surface area (Å²) in [4.78, 5) is 11.5. The molecule has 0 heterocycles. The highest BCUT2D eigenvalue weighted by Gasteiger charge is 2.33. The molecule has 0 aromatic heterocycles. The van der Waals surface area contributed by atoms with Gasteiger partial charge in [0.2, 0.25) is 0 Å². The van der Waals surface area contributed by atoms with Crippen LogP contribution in [0, 0.1) is 0 Å². The van der Waals surface area contributed by atoms with Gasteiger partial charge in [0, 0.05) is 5.39 Å². The molecule has 0 amide bonds. The number of hydrogen-bond acceptors (Lipinski definition) is 3. The SMILES string of the molecule is CCCNC(C)(COc1cccc2ccccc12)C(=O)O. The number of aliphatic carboxylic acids is 1. The van der Waals surface area contributed by atoms with Gasteiger partial charge in [-0.1, -0.05) is 43.3 Å². The summed E-state index contributed by atoms with van der Waals surface area (Å²) in [6.07, 6.45) is 0.872. The summed E-state index contributed by atoms with van der Waals surface area (Å²) in [7, 11) is 0. The van der Waals surface area contributed by atoms with E-state index in [-0.39, 0.29) is 6.61 Å². The number of benzene rings is 2. The van der Waals surface area contributed by atoms with Crippen molar-refractivity contribution in [2.75, 3.05) is 13.2 Å². The van der Waals surface area contributed by atoms with E-state index in [9.17, 15) is 9.90 Å².